The van der Waals surface area contributed by atoms with Crippen molar-refractivity contribution in [3.05, 3.63) is 35.8 Å². The fraction of sp³-hybridized carbons (Fsp3) is 0.526. The van der Waals surface area contributed by atoms with Crippen molar-refractivity contribution in [1.82, 2.24) is 19.9 Å². The molecule has 0 bridgehead atoms. The Balaban J connectivity index is 1.71. The first kappa shape index (κ1) is 16.8. The minimum Gasteiger partial charge on any atom is -0.353 e. The maximum absolute atomic E-state index is 4.69. The molecule has 1 saturated heterocycles. The van der Waals surface area contributed by atoms with E-state index >= 15 is 0 Å². The monoisotopic (exact) mass is 325 g/mol. The molecule has 0 unspecified atom stereocenters. The highest BCUT2D eigenvalue weighted by Gasteiger charge is 2.20. The van der Waals surface area contributed by atoms with Gasteiger partial charge in [0.1, 0.15) is 0 Å². The molecule has 0 saturated carbocycles. The molecule has 0 aromatic carbocycles. The lowest BCUT2D eigenvalue weighted by atomic mass is 10.0. The van der Waals surface area contributed by atoms with Crippen LogP contribution in [0.25, 0.3) is 11.3 Å². The summed E-state index contributed by atoms with van der Waals surface area (Å²) in [6.45, 7) is 9.50. The molecule has 1 aliphatic rings. The van der Waals surface area contributed by atoms with E-state index in [0.717, 1.165) is 35.7 Å². The Morgan fingerprint density at radius 2 is 2.04 bits per heavy atom. The van der Waals surface area contributed by atoms with Crippen LogP contribution in [0.1, 0.15) is 37.6 Å². The number of pyridine rings is 1. The van der Waals surface area contributed by atoms with E-state index in [4.69, 9.17) is 0 Å². The molecule has 1 atom stereocenters. The molecule has 2 aromatic heterocycles. The lowest BCUT2D eigenvalue weighted by molar-refractivity contribution is 0.164. The summed E-state index contributed by atoms with van der Waals surface area (Å²) < 4.78 is 0. The maximum Gasteiger partial charge on any atom is 0.223 e. The summed E-state index contributed by atoms with van der Waals surface area (Å²) in [6.07, 6.45) is 5.71. The van der Waals surface area contributed by atoms with Crippen molar-refractivity contribution in [3.8, 4) is 11.3 Å². The van der Waals surface area contributed by atoms with Gasteiger partial charge in [-0.15, -0.1) is 0 Å². The predicted molar refractivity (Wildman–Crippen MR) is 98.1 cm³/mol. The van der Waals surface area contributed by atoms with E-state index in [1.54, 1.807) is 0 Å². The Hall–Kier alpha value is -2.01. The molecule has 1 aliphatic heterocycles. The van der Waals surface area contributed by atoms with Gasteiger partial charge in [-0.3, -0.25) is 9.88 Å². The highest BCUT2D eigenvalue weighted by Crippen LogP contribution is 2.21. The molecule has 0 aliphatic carbocycles. The lowest BCUT2D eigenvalue weighted by Crippen LogP contribution is -2.43. The Bertz CT molecular complexity index is 685. The number of aromatic nitrogens is 3. The van der Waals surface area contributed by atoms with Crippen molar-refractivity contribution in [2.75, 3.05) is 25.0 Å². The van der Waals surface area contributed by atoms with Gasteiger partial charge >= 0.3 is 0 Å². The van der Waals surface area contributed by atoms with E-state index in [9.17, 15) is 0 Å². The molecule has 5 heteroatoms. The average molecular weight is 325 g/mol. The van der Waals surface area contributed by atoms with Gasteiger partial charge in [-0.1, -0.05) is 13.3 Å². The van der Waals surface area contributed by atoms with E-state index in [-0.39, 0.29) is 0 Å². The largest absolute Gasteiger partial charge is 0.353 e. The zero-order valence-corrected chi connectivity index (χ0v) is 14.9. The summed E-state index contributed by atoms with van der Waals surface area (Å²) in [5.74, 6) is 0.703. The van der Waals surface area contributed by atoms with Gasteiger partial charge in [-0.2, -0.15) is 0 Å². The molecule has 2 aromatic rings. The molecular weight excluding hydrogens is 298 g/mol. The molecule has 5 nitrogen and oxygen atoms in total. The summed E-state index contributed by atoms with van der Waals surface area (Å²) in [6, 6.07) is 6.64. The summed E-state index contributed by atoms with van der Waals surface area (Å²) in [7, 11) is 0. The minimum atomic E-state index is 0.582. The first-order valence-electron chi connectivity index (χ1n) is 8.93. The third kappa shape index (κ3) is 3.90. The highest BCUT2D eigenvalue weighted by molar-refractivity contribution is 5.62. The number of nitrogens with zero attached hydrogens (tertiary/aromatic N) is 4. The molecule has 24 heavy (non-hydrogen) atoms. The van der Waals surface area contributed by atoms with E-state index in [0.29, 0.717) is 12.0 Å². The Morgan fingerprint density at radius 3 is 2.83 bits per heavy atom. The number of aryl methyl sites for hydroxylation is 2. The lowest BCUT2D eigenvalue weighted by Gasteiger charge is -2.34. The Kier molecular flexibility index (Phi) is 5.41. The van der Waals surface area contributed by atoms with Gasteiger partial charge in [-0.25, -0.2) is 9.97 Å². The number of nitrogens with one attached hydrogen (secondary N) is 1. The van der Waals surface area contributed by atoms with Crippen LogP contribution in [-0.2, 0) is 0 Å². The van der Waals surface area contributed by atoms with Crippen LogP contribution in [0.15, 0.2) is 24.4 Å². The van der Waals surface area contributed by atoms with Crippen LogP contribution in [0.4, 0.5) is 5.95 Å². The van der Waals surface area contributed by atoms with Crippen LogP contribution in [0.5, 0.6) is 0 Å². The van der Waals surface area contributed by atoms with Crippen LogP contribution in [0, 0.1) is 13.8 Å². The number of hydrogen-bond acceptors (Lipinski definition) is 5. The van der Waals surface area contributed by atoms with Crippen LogP contribution < -0.4 is 5.32 Å². The predicted octanol–water partition coefficient (Wildman–Crippen LogP) is 3.44. The van der Waals surface area contributed by atoms with E-state index in [2.05, 4.69) is 38.2 Å². The molecule has 3 rings (SSSR count). The van der Waals surface area contributed by atoms with E-state index < -0.39 is 0 Å². The topological polar surface area (TPSA) is 53.9 Å². The number of rotatable bonds is 5. The molecule has 1 N–H and O–H groups in total. The van der Waals surface area contributed by atoms with Crippen molar-refractivity contribution >= 4 is 5.95 Å². The van der Waals surface area contributed by atoms with Gasteiger partial charge in [0.05, 0.1) is 5.69 Å². The second-order valence-corrected chi connectivity index (χ2v) is 6.51. The molecule has 0 amide bonds. The third-order valence-electron chi connectivity index (χ3n) is 4.81. The molecule has 3 heterocycles. The van der Waals surface area contributed by atoms with Gasteiger partial charge < -0.3 is 5.32 Å². The molecule has 1 fully saturated rings. The zero-order chi connectivity index (χ0) is 16.9. The number of likely N-dealkylation sites (N-methyl/N-ethyl adjacent to an activating group) is 1. The molecule has 0 spiro atoms. The Morgan fingerprint density at radius 1 is 1.17 bits per heavy atom. The number of piperidine rings is 1. The summed E-state index contributed by atoms with van der Waals surface area (Å²) in [5, 5.41) is 3.44. The van der Waals surface area contributed by atoms with Gasteiger partial charge in [0.15, 0.2) is 0 Å². The van der Waals surface area contributed by atoms with Gasteiger partial charge in [0, 0.05) is 35.7 Å². The quantitative estimate of drug-likeness (QED) is 0.912. The second kappa shape index (κ2) is 7.71. The summed E-state index contributed by atoms with van der Waals surface area (Å²) >= 11 is 0. The minimum absolute atomic E-state index is 0.582. The second-order valence-electron chi connectivity index (χ2n) is 6.51. The first-order chi connectivity index (χ1) is 11.7. The van der Waals surface area contributed by atoms with Crippen molar-refractivity contribution in [2.24, 2.45) is 0 Å². The summed E-state index contributed by atoms with van der Waals surface area (Å²) in [4.78, 5) is 16.2. The molecular formula is C19H27N5. The van der Waals surface area contributed by atoms with Crippen LogP contribution in [0.2, 0.25) is 0 Å². The molecule has 128 valence electrons. The fourth-order valence-corrected chi connectivity index (χ4v) is 3.47. The van der Waals surface area contributed by atoms with Crippen LogP contribution >= 0.6 is 0 Å². The summed E-state index contributed by atoms with van der Waals surface area (Å²) in [5.41, 5.74) is 4.03. The maximum atomic E-state index is 4.69. The smallest absolute Gasteiger partial charge is 0.223 e. The van der Waals surface area contributed by atoms with Crippen molar-refractivity contribution in [2.45, 2.75) is 46.1 Å². The zero-order valence-electron chi connectivity index (χ0n) is 14.9. The number of anilines is 1. The van der Waals surface area contributed by atoms with Crippen molar-refractivity contribution in [1.29, 1.82) is 0 Å². The van der Waals surface area contributed by atoms with Crippen LogP contribution in [-0.4, -0.2) is 45.5 Å². The van der Waals surface area contributed by atoms with Crippen LogP contribution in [0.3, 0.4) is 0 Å². The van der Waals surface area contributed by atoms with Gasteiger partial charge in [0.2, 0.25) is 5.95 Å². The van der Waals surface area contributed by atoms with Crippen molar-refractivity contribution < 1.29 is 0 Å². The van der Waals surface area contributed by atoms with E-state index in [1.807, 2.05) is 32.2 Å². The highest BCUT2D eigenvalue weighted by atomic mass is 15.2. The molecule has 0 radical (unpaired) electrons. The number of likely N-dealkylation sites (tertiary alicyclic amines) is 1. The third-order valence-corrected chi connectivity index (χ3v) is 4.81. The standard InChI is InChI=1S/C19H27N5/c1-4-24-12-6-5-7-16(24)13-21-19-20-11-10-18(23-19)17-9-8-14(2)22-15(17)3/h8-11,16H,4-7,12-13H2,1-3H3,(H,20,21,23)/t16-/m1/s1. The normalized spacial score (nSPS) is 18.5. The van der Waals surface area contributed by atoms with Crippen molar-refractivity contribution in [3.63, 3.8) is 0 Å². The average Bonchev–Trinajstić information content (AvgIpc) is 2.60. The van der Waals surface area contributed by atoms with E-state index in [1.165, 1.54) is 25.8 Å². The number of hydrogen-bond donors (Lipinski definition) is 1. The fourth-order valence-electron chi connectivity index (χ4n) is 3.47. The van der Waals surface area contributed by atoms with Gasteiger partial charge in [-0.05, 0) is 58.0 Å². The first-order valence-corrected chi connectivity index (χ1v) is 8.93. The van der Waals surface area contributed by atoms with Gasteiger partial charge in [0.25, 0.3) is 0 Å². The SMILES string of the molecule is CCN1CCCC[C@@H]1CNc1nccc(-c2ccc(C)nc2C)n1. The Labute approximate surface area is 144 Å².